The van der Waals surface area contributed by atoms with Crippen LogP contribution in [0.1, 0.15) is 33.6 Å². The first kappa shape index (κ1) is 19.6. The van der Waals surface area contributed by atoms with Crippen LogP contribution in [0, 0.1) is 11.8 Å². The van der Waals surface area contributed by atoms with Crippen LogP contribution in [-0.2, 0) is 9.59 Å². The molecule has 0 heterocycles. The Hall–Kier alpha value is -1.40. The number of aliphatic carboxylic acids is 1. The highest BCUT2D eigenvalue weighted by atomic mass is 79.9. The Labute approximate surface area is 146 Å². The average Bonchev–Trinajstić information content (AvgIpc) is 2.45. The molecule has 5 nitrogen and oxygen atoms in total. The predicted octanol–water partition coefficient (Wildman–Crippen LogP) is 3.50. The number of nitrogens with one attached hydrogen (secondary N) is 2. The van der Waals surface area contributed by atoms with E-state index in [1.807, 2.05) is 45.0 Å². The summed E-state index contributed by atoms with van der Waals surface area (Å²) in [5.41, 5.74) is 0.744. The van der Waals surface area contributed by atoms with Crippen LogP contribution in [0.15, 0.2) is 28.7 Å². The van der Waals surface area contributed by atoms with E-state index in [-0.39, 0.29) is 11.9 Å². The van der Waals surface area contributed by atoms with E-state index in [0.717, 1.165) is 10.2 Å². The average molecular weight is 385 g/mol. The van der Waals surface area contributed by atoms with Crippen molar-refractivity contribution in [2.24, 2.45) is 11.8 Å². The molecule has 3 N–H and O–H groups in total. The van der Waals surface area contributed by atoms with Crippen molar-refractivity contribution in [3.63, 3.8) is 0 Å². The third kappa shape index (κ3) is 8.13. The van der Waals surface area contributed by atoms with Gasteiger partial charge in [0.1, 0.15) is 0 Å². The zero-order chi connectivity index (χ0) is 17.4. The number of amides is 1. The fraction of sp³-hybridized carbons (Fsp3) is 0.529. The molecule has 1 amide bonds. The highest BCUT2D eigenvalue weighted by molar-refractivity contribution is 9.10. The van der Waals surface area contributed by atoms with Gasteiger partial charge >= 0.3 is 5.97 Å². The molecule has 0 aromatic heterocycles. The van der Waals surface area contributed by atoms with Crippen LogP contribution in [0.25, 0.3) is 0 Å². The van der Waals surface area contributed by atoms with Crippen LogP contribution in [0.5, 0.6) is 0 Å². The van der Waals surface area contributed by atoms with Crippen molar-refractivity contribution in [1.29, 1.82) is 0 Å². The minimum absolute atomic E-state index is 0.0838. The second-order valence-corrected chi connectivity index (χ2v) is 7.15. The number of benzene rings is 1. The molecule has 2 atom stereocenters. The zero-order valence-corrected chi connectivity index (χ0v) is 15.4. The molecule has 6 heteroatoms. The molecule has 0 saturated carbocycles. The molecule has 128 valence electrons. The van der Waals surface area contributed by atoms with Crippen molar-refractivity contribution in [1.82, 2.24) is 5.32 Å². The maximum absolute atomic E-state index is 12.0. The van der Waals surface area contributed by atoms with Gasteiger partial charge in [-0.2, -0.15) is 0 Å². The zero-order valence-electron chi connectivity index (χ0n) is 13.8. The van der Waals surface area contributed by atoms with Crippen LogP contribution in [0.2, 0.25) is 0 Å². The first-order valence-electron chi connectivity index (χ1n) is 7.79. The van der Waals surface area contributed by atoms with E-state index in [9.17, 15) is 14.7 Å². The lowest BCUT2D eigenvalue weighted by Crippen LogP contribution is -2.37. The quantitative estimate of drug-likeness (QED) is 0.608. The summed E-state index contributed by atoms with van der Waals surface area (Å²) in [6.07, 6.45) is 0.921. The highest BCUT2D eigenvalue weighted by Gasteiger charge is 2.20. The molecular weight excluding hydrogens is 360 g/mol. The molecule has 1 rings (SSSR count). The Kier molecular flexibility index (Phi) is 8.26. The Morgan fingerprint density at radius 1 is 1.17 bits per heavy atom. The first-order chi connectivity index (χ1) is 10.8. The van der Waals surface area contributed by atoms with E-state index < -0.39 is 11.9 Å². The summed E-state index contributed by atoms with van der Waals surface area (Å²) >= 11 is 3.34. The molecule has 0 spiro atoms. The molecule has 0 radical (unpaired) electrons. The highest BCUT2D eigenvalue weighted by Crippen LogP contribution is 2.15. The van der Waals surface area contributed by atoms with Crippen molar-refractivity contribution >= 4 is 33.5 Å². The monoisotopic (exact) mass is 384 g/mol. The van der Waals surface area contributed by atoms with Gasteiger partial charge in [-0.05, 0) is 43.5 Å². The smallest absolute Gasteiger partial charge is 0.307 e. The third-order valence-electron chi connectivity index (χ3n) is 3.44. The van der Waals surface area contributed by atoms with E-state index >= 15 is 0 Å². The van der Waals surface area contributed by atoms with E-state index in [1.165, 1.54) is 0 Å². The number of carbonyl (C=O) groups excluding carboxylic acids is 1. The Morgan fingerprint density at radius 2 is 1.78 bits per heavy atom. The van der Waals surface area contributed by atoms with Crippen molar-refractivity contribution in [2.45, 2.75) is 39.7 Å². The summed E-state index contributed by atoms with van der Waals surface area (Å²) in [4.78, 5) is 23.2. The Morgan fingerprint density at radius 3 is 2.30 bits per heavy atom. The second kappa shape index (κ2) is 9.67. The number of hydrogen-bond donors (Lipinski definition) is 3. The number of rotatable bonds is 9. The second-order valence-electron chi connectivity index (χ2n) is 6.23. The fourth-order valence-corrected chi connectivity index (χ4v) is 2.54. The first-order valence-corrected chi connectivity index (χ1v) is 8.58. The summed E-state index contributed by atoms with van der Waals surface area (Å²) in [6.45, 7) is 6.27. The van der Waals surface area contributed by atoms with E-state index in [1.54, 1.807) is 0 Å². The predicted molar refractivity (Wildman–Crippen MR) is 95.4 cm³/mol. The maximum atomic E-state index is 12.0. The van der Waals surface area contributed by atoms with Crippen molar-refractivity contribution in [2.75, 3.05) is 11.9 Å². The van der Waals surface area contributed by atoms with Gasteiger partial charge in [-0.3, -0.25) is 9.59 Å². The Bertz CT molecular complexity index is 517. The standard InChI is InChI=1S/C17H25BrN2O3/c1-11(2)8-13(17(22)23)10-19-12(3)9-16(21)20-15-6-4-14(18)5-7-15/h4-7,11-13,19H,8-10H2,1-3H3,(H,20,21)(H,22,23). The van der Waals surface area contributed by atoms with Crippen molar-refractivity contribution < 1.29 is 14.7 Å². The molecule has 0 bridgehead atoms. The van der Waals surface area contributed by atoms with Crippen LogP contribution in [-0.4, -0.2) is 29.6 Å². The van der Waals surface area contributed by atoms with Gasteiger partial charge in [0.05, 0.1) is 5.92 Å². The van der Waals surface area contributed by atoms with Gasteiger partial charge < -0.3 is 15.7 Å². The van der Waals surface area contributed by atoms with Crippen molar-refractivity contribution in [3.8, 4) is 0 Å². The van der Waals surface area contributed by atoms with E-state index in [4.69, 9.17) is 0 Å². The number of carboxylic acids is 1. The Balaban J connectivity index is 2.39. The molecule has 1 aromatic rings. The SMILES string of the molecule is CC(C)CC(CNC(C)CC(=O)Nc1ccc(Br)cc1)C(=O)O. The van der Waals surface area contributed by atoms with Gasteiger partial charge in [0.15, 0.2) is 0 Å². The maximum Gasteiger partial charge on any atom is 0.307 e. The van der Waals surface area contributed by atoms with Gasteiger partial charge in [0, 0.05) is 29.2 Å². The molecule has 0 aliphatic rings. The molecule has 2 unspecified atom stereocenters. The normalized spacial score (nSPS) is 13.6. The van der Waals surface area contributed by atoms with Crippen LogP contribution in [0.4, 0.5) is 5.69 Å². The van der Waals surface area contributed by atoms with Crippen LogP contribution >= 0.6 is 15.9 Å². The number of carboxylic acid groups (broad SMARTS) is 1. The van der Waals surface area contributed by atoms with Crippen LogP contribution < -0.4 is 10.6 Å². The molecule has 0 aliphatic heterocycles. The lowest BCUT2D eigenvalue weighted by molar-refractivity contribution is -0.142. The van der Waals surface area contributed by atoms with Gasteiger partial charge in [-0.1, -0.05) is 29.8 Å². The lowest BCUT2D eigenvalue weighted by Gasteiger charge is -2.19. The summed E-state index contributed by atoms with van der Waals surface area (Å²) in [6, 6.07) is 7.28. The number of hydrogen-bond acceptors (Lipinski definition) is 3. The largest absolute Gasteiger partial charge is 0.481 e. The molecule has 23 heavy (non-hydrogen) atoms. The number of halogens is 1. The molecule has 0 fully saturated rings. The third-order valence-corrected chi connectivity index (χ3v) is 3.97. The van der Waals surface area contributed by atoms with Gasteiger partial charge in [-0.25, -0.2) is 0 Å². The summed E-state index contributed by atoms with van der Waals surface area (Å²) < 4.78 is 0.954. The molecule has 0 saturated heterocycles. The lowest BCUT2D eigenvalue weighted by atomic mass is 9.97. The van der Waals surface area contributed by atoms with Crippen LogP contribution in [0.3, 0.4) is 0 Å². The number of carbonyl (C=O) groups is 2. The van der Waals surface area contributed by atoms with Gasteiger partial charge in [-0.15, -0.1) is 0 Å². The molecule has 1 aromatic carbocycles. The topological polar surface area (TPSA) is 78.4 Å². The minimum Gasteiger partial charge on any atom is -0.481 e. The van der Waals surface area contributed by atoms with Crippen molar-refractivity contribution in [3.05, 3.63) is 28.7 Å². The van der Waals surface area contributed by atoms with E-state index in [0.29, 0.717) is 25.3 Å². The van der Waals surface area contributed by atoms with Gasteiger partial charge in [0.25, 0.3) is 0 Å². The fourth-order valence-electron chi connectivity index (χ4n) is 2.28. The molecular formula is C17H25BrN2O3. The summed E-state index contributed by atoms with van der Waals surface area (Å²) in [5, 5.41) is 15.2. The summed E-state index contributed by atoms with van der Waals surface area (Å²) in [5.74, 6) is -0.985. The minimum atomic E-state index is -0.794. The number of anilines is 1. The van der Waals surface area contributed by atoms with E-state index in [2.05, 4.69) is 26.6 Å². The summed E-state index contributed by atoms with van der Waals surface area (Å²) in [7, 11) is 0. The molecule has 0 aliphatic carbocycles. The van der Waals surface area contributed by atoms with Gasteiger partial charge in [0.2, 0.25) is 5.91 Å².